The summed E-state index contributed by atoms with van der Waals surface area (Å²) in [4.78, 5) is 26.8. The van der Waals surface area contributed by atoms with Crippen molar-refractivity contribution in [3.63, 3.8) is 0 Å². The second-order valence-corrected chi connectivity index (χ2v) is 7.24. The van der Waals surface area contributed by atoms with Gasteiger partial charge in [-0.25, -0.2) is 0 Å². The third-order valence-corrected chi connectivity index (χ3v) is 5.23. The maximum Gasteiger partial charge on any atom is 0.254 e. The Morgan fingerprint density at radius 2 is 1.68 bits per heavy atom. The van der Waals surface area contributed by atoms with Crippen LogP contribution < -0.4 is 5.32 Å². The summed E-state index contributed by atoms with van der Waals surface area (Å²) in [6.45, 7) is 3.30. The molecule has 2 amide bonds. The molecule has 0 saturated carbocycles. The summed E-state index contributed by atoms with van der Waals surface area (Å²) in [5, 5.41) is 3.08. The highest BCUT2D eigenvalue weighted by Gasteiger charge is 2.25. The third-order valence-electron chi connectivity index (χ3n) is 4.54. The molecule has 1 aliphatic heterocycles. The monoisotopic (exact) mass is 400 g/mol. The second-order valence-electron chi connectivity index (χ2n) is 6.39. The number of hydrogen-bond acceptors (Lipinski definition) is 2. The van der Waals surface area contributed by atoms with E-state index in [9.17, 15) is 9.59 Å². The van der Waals surface area contributed by atoms with Gasteiger partial charge in [0.2, 0.25) is 0 Å². The molecule has 3 rings (SSSR count). The smallest absolute Gasteiger partial charge is 0.254 e. The fourth-order valence-electron chi connectivity index (χ4n) is 3.01. The number of halogens is 1. The summed E-state index contributed by atoms with van der Waals surface area (Å²) >= 11 is 3.43. The van der Waals surface area contributed by atoms with Crippen LogP contribution in [0.25, 0.3) is 0 Å². The van der Waals surface area contributed by atoms with Crippen LogP contribution in [0.1, 0.15) is 39.1 Å². The summed E-state index contributed by atoms with van der Waals surface area (Å²) in [6, 6.07) is 15.1. The van der Waals surface area contributed by atoms with Crippen LogP contribution in [0.2, 0.25) is 0 Å². The number of amides is 2. The Kier molecular flexibility index (Phi) is 5.53. The van der Waals surface area contributed by atoms with Crippen LogP contribution in [0.3, 0.4) is 0 Å². The number of nitrogens with zero attached hydrogens (tertiary/aromatic N) is 1. The van der Waals surface area contributed by atoms with E-state index >= 15 is 0 Å². The van der Waals surface area contributed by atoms with Crippen molar-refractivity contribution in [1.29, 1.82) is 0 Å². The lowest BCUT2D eigenvalue weighted by Gasteiger charge is -2.32. The highest BCUT2D eigenvalue weighted by Crippen LogP contribution is 2.20. The molecule has 25 heavy (non-hydrogen) atoms. The third kappa shape index (κ3) is 4.28. The van der Waals surface area contributed by atoms with E-state index in [0.717, 1.165) is 22.9 Å². The Bertz CT molecular complexity index is 766. The van der Waals surface area contributed by atoms with Gasteiger partial charge in [0.1, 0.15) is 0 Å². The van der Waals surface area contributed by atoms with Gasteiger partial charge < -0.3 is 10.2 Å². The normalized spacial score (nSPS) is 15.0. The molecule has 2 aromatic carbocycles. The summed E-state index contributed by atoms with van der Waals surface area (Å²) in [5.41, 5.74) is 2.50. The molecule has 0 atom stereocenters. The van der Waals surface area contributed by atoms with Crippen LogP contribution in [-0.2, 0) is 0 Å². The molecule has 1 N–H and O–H groups in total. The van der Waals surface area contributed by atoms with Crippen molar-refractivity contribution in [2.45, 2.75) is 25.8 Å². The van der Waals surface area contributed by atoms with Crippen molar-refractivity contribution in [2.24, 2.45) is 0 Å². The first-order chi connectivity index (χ1) is 12.0. The Balaban J connectivity index is 1.55. The summed E-state index contributed by atoms with van der Waals surface area (Å²) in [7, 11) is 0. The predicted octanol–water partition coefficient (Wildman–Crippen LogP) is 3.79. The van der Waals surface area contributed by atoms with Gasteiger partial charge in [0, 0.05) is 29.2 Å². The van der Waals surface area contributed by atoms with E-state index in [0.29, 0.717) is 24.2 Å². The van der Waals surface area contributed by atoms with Gasteiger partial charge in [-0.2, -0.15) is 0 Å². The van der Waals surface area contributed by atoms with Crippen LogP contribution in [0.4, 0.5) is 0 Å². The largest absolute Gasteiger partial charge is 0.349 e. The van der Waals surface area contributed by atoms with Crippen molar-refractivity contribution >= 4 is 27.7 Å². The Hall–Kier alpha value is -2.14. The molecule has 2 aromatic rings. The highest BCUT2D eigenvalue weighted by atomic mass is 79.9. The van der Waals surface area contributed by atoms with Gasteiger partial charge in [0.05, 0.1) is 5.56 Å². The van der Waals surface area contributed by atoms with Crippen molar-refractivity contribution in [3.8, 4) is 0 Å². The van der Waals surface area contributed by atoms with Crippen LogP contribution in [0.15, 0.2) is 53.0 Å². The van der Waals surface area contributed by atoms with Gasteiger partial charge in [0.15, 0.2) is 0 Å². The SMILES string of the molecule is Cc1ccc(C(=O)NC2CCN(C(=O)c3ccccc3Br)CC2)cc1. The standard InChI is InChI=1S/C20H21BrN2O2/c1-14-6-8-15(9-7-14)19(24)22-16-10-12-23(13-11-16)20(25)17-4-2-3-5-18(17)21/h2-9,16H,10-13H2,1H3,(H,22,24). The topological polar surface area (TPSA) is 49.4 Å². The molecule has 0 aliphatic carbocycles. The minimum atomic E-state index is -0.0458. The van der Waals surface area contributed by atoms with E-state index < -0.39 is 0 Å². The number of piperidine rings is 1. The van der Waals surface area contributed by atoms with Crippen LogP contribution in [0.5, 0.6) is 0 Å². The number of nitrogens with one attached hydrogen (secondary N) is 1. The molecule has 1 saturated heterocycles. The van der Waals surface area contributed by atoms with E-state index in [1.165, 1.54) is 0 Å². The predicted molar refractivity (Wildman–Crippen MR) is 102 cm³/mol. The Labute approximate surface area is 156 Å². The molecule has 4 nitrogen and oxygen atoms in total. The van der Waals surface area contributed by atoms with Gasteiger partial charge in [-0.05, 0) is 60.0 Å². The number of aryl methyl sites for hydroxylation is 1. The molecule has 1 heterocycles. The molecular weight excluding hydrogens is 380 g/mol. The average molecular weight is 401 g/mol. The average Bonchev–Trinajstić information content (AvgIpc) is 2.63. The van der Waals surface area contributed by atoms with Crippen molar-refractivity contribution in [2.75, 3.05) is 13.1 Å². The fraction of sp³-hybridized carbons (Fsp3) is 0.300. The number of carbonyl (C=O) groups is 2. The molecule has 5 heteroatoms. The Morgan fingerprint density at radius 3 is 2.32 bits per heavy atom. The highest BCUT2D eigenvalue weighted by molar-refractivity contribution is 9.10. The van der Waals surface area contributed by atoms with Gasteiger partial charge in [-0.3, -0.25) is 9.59 Å². The zero-order chi connectivity index (χ0) is 17.8. The van der Waals surface area contributed by atoms with E-state index in [-0.39, 0.29) is 17.9 Å². The van der Waals surface area contributed by atoms with Crippen molar-refractivity contribution in [3.05, 3.63) is 69.7 Å². The van der Waals surface area contributed by atoms with Crippen LogP contribution >= 0.6 is 15.9 Å². The summed E-state index contributed by atoms with van der Waals surface area (Å²) in [5.74, 6) is -0.00799. The van der Waals surface area contributed by atoms with E-state index in [2.05, 4.69) is 21.2 Å². The number of carbonyl (C=O) groups excluding carboxylic acids is 2. The zero-order valence-electron chi connectivity index (χ0n) is 14.2. The van der Waals surface area contributed by atoms with Crippen molar-refractivity contribution in [1.82, 2.24) is 10.2 Å². The first-order valence-electron chi connectivity index (χ1n) is 8.46. The van der Waals surface area contributed by atoms with Gasteiger partial charge in [0.25, 0.3) is 11.8 Å². The van der Waals surface area contributed by atoms with Crippen LogP contribution in [0, 0.1) is 6.92 Å². The second kappa shape index (κ2) is 7.83. The molecule has 0 bridgehead atoms. The molecule has 0 unspecified atom stereocenters. The molecule has 0 radical (unpaired) electrons. The quantitative estimate of drug-likeness (QED) is 0.851. The van der Waals surface area contributed by atoms with Gasteiger partial charge in [-0.1, -0.05) is 29.8 Å². The summed E-state index contributed by atoms with van der Waals surface area (Å²) < 4.78 is 0.815. The number of rotatable bonds is 3. The Morgan fingerprint density at radius 1 is 1.04 bits per heavy atom. The first kappa shape index (κ1) is 17.7. The molecule has 0 spiro atoms. The lowest BCUT2D eigenvalue weighted by atomic mass is 10.0. The minimum Gasteiger partial charge on any atom is -0.349 e. The first-order valence-corrected chi connectivity index (χ1v) is 9.25. The lowest BCUT2D eigenvalue weighted by molar-refractivity contribution is 0.0697. The maximum absolute atomic E-state index is 12.6. The number of hydrogen-bond donors (Lipinski definition) is 1. The van der Waals surface area contributed by atoms with E-state index in [1.807, 2.05) is 60.4 Å². The van der Waals surface area contributed by atoms with E-state index in [4.69, 9.17) is 0 Å². The molecule has 0 aromatic heterocycles. The fourth-order valence-corrected chi connectivity index (χ4v) is 3.46. The molecule has 1 fully saturated rings. The van der Waals surface area contributed by atoms with Gasteiger partial charge in [-0.15, -0.1) is 0 Å². The summed E-state index contributed by atoms with van der Waals surface area (Å²) in [6.07, 6.45) is 1.54. The van der Waals surface area contributed by atoms with Gasteiger partial charge >= 0.3 is 0 Å². The number of benzene rings is 2. The molecule has 130 valence electrons. The van der Waals surface area contributed by atoms with Crippen LogP contribution in [-0.4, -0.2) is 35.8 Å². The maximum atomic E-state index is 12.6. The minimum absolute atomic E-state index is 0.0378. The zero-order valence-corrected chi connectivity index (χ0v) is 15.8. The van der Waals surface area contributed by atoms with E-state index in [1.54, 1.807) is 0 Å². The van der Waals surface area contributed by atoms with Crippen molar-refractivity contribution < 1.29 is 9.59 Å². The number of likely N-dealkylation sites (tertiary alicyclic amines) is 1. The lowest BCUT2D eigenvalue weighted by Crippen LogP contribution is -2.46. The molecular formula is C20H21BrN2O2. The molecule has 1 aliphatic rings.